The van der Waals surface area contributed by atoms with Crippen LogP contribution in [0.4, 0.5) is 0 Å². The van der Waals surface area contributed by atoms with Crippen LogP contribution in [0.3, 0.4) is 0 Å². The first-order chi connectivity index (χ1) is 7.45. The van der Waals surface area contributed by atoms with Crippen LogP contribution >= 0.6 is 0 Å². The molecule has 0 saturated carbocycles. The highest BCUT2D eigenvalue weighted by atomic mass is 16.5. The molecule has 1 saturated heterocycles. The minimum absolute atomic E-state index is 0.231. The summed E-state index contributed by atoms with van der Waals surface area (Å²) >= 11 is 0. The quantitative estimate of drug-likeness (QED) is 0.608. The summed E-state index contributed by atoms with van der Waals surface area (Å²) in [5.41, 5.74) is 0. The molecule has 0 aliphatic carbocycles. The van der Waals surface area contributed by atoms with Gasteiger partial charge in [-0.1, -0.05) is 0 Å². The molecule has 0 spiro atoms. The van der Waals surface area contributed by atoms with Gasteiger partial charge in [-0.25, -0.2) is 4.79 Å². The van der Waals surface area contributed by atoms with Crippen LogP contribution in [0, 0.1) is 0 Å². The summed E-state index contributed by atoms with van der Waals surface area (Å²) in [6, 6.07) is -0.646. The maximum atomic E-state index is 11.4. The molecule has 1 rings (SSSR count). The summed E-state index contributed by atoms with van der Waals surface area (Å²) in [6.45, 7) is 2.91. The largest absolute Gasteiger partial charge is 0.467 e. The van der Waals surface area contributed by atoms with Crippen molar-refractivity contribution < 1.29 is 23.9 Å². The van der Waals surface area contributed by atoms with E-state index in [9.17, 15) is 14.4 Å². The summed E-state index contributed by atoms with van der Waals surface area (Å²) in [6.07, 6.45) is -0.128. The first-order valence-electron chi connectivity index (χ1n) is 4.98. The Morgan fingerprint density at radius 1 is 1.25 bits per heavy atom. The second-order valence-electron chi connectivity index (χ2n) is 3.68. The van der Waals surface area contributed by atoms with Gasteiger partial charge in [-0.15, -0.1) is 0 Å². The van der Waals surface area contributed by atoms with Crippen molar-refractivity contribution >= 4 is 17.8 Å². The maximum absolute atomic E-state index is 11.4. The van der Waals surface area contributed by atoms with Crippen molar-refractivity contribution in [1.29, 1.82) is 0 Å². The van der Waals surface area contributed by atoms with Crippen molar-refractivity contribution in [2.75, 3.05) is 13.7 Å². The monoisotopic (exact) mass is 229 g/mol. The van der Waals surface area contributed by atoms with Gasteiger partial charge in [-0.05, 0) is 0 Å². The van der Waals surface area contributed by atoms with Crippen LogP contribution in [0.15, 0.2) is 0 Å². The molecule has 1 aliphatic heterocycles. The topological polar surface area (TPSA) is 72.9 Å². The smallest absolute Gasteiger partial charge is 0.328 e. The summed E-state index contributed by atoms with van der Waals surface area (Å²) in [4.78, 5) is 34.8. The van der Waals surface area contributed by atoms with Crippen molar-refractivity contribution in [3.8, 4) is 0 Å². The predicted octanol–water partition coefficient (Wildman–Crippen LogP) is -0.288. The van der Waals surface area contributed by atoms with E-state index in [1.54, 1.807) is 0 Å². The molecule has 6 nitrogen and oxygen atoms in total. The fourth-order valence-electron chi connectivity index (χ4n) is 1.83. The predicted molar refractivity (Wildman–Crippen MR) is 53.4 cm³/mol. The van der Waals surface area contributed by atoms with Crippen LogP contribution in [0.25, 0.3) is 0 Å². The van der Waals surface area contributed by atoms with E-state index >= 15 is 0 Å². The third kappa shape index (κ3) is 2.71. The Bertz CT molecular complexity index is 314. The molecule has 90 valence electrons. The van der Waals surface area contributed by atoms with E-state index in [1.807, 2.05) is 0 Å². The van der Waals surface area contributed by atoms with E-state index in [0.717, 1.165) is 0 Å². The molecule has 1 fully saturated rings. The van der Waals surface area contributed by atoms with Gasteiger partial charge in [-0.2, -0.15) is 0 Å². The molecule has 1 aliphatic rings. The normalized spacial score (nSPS) is 24.1. The van der Waals surface area contributed by atoms with Gasteiger partial charge in [0, 0.05) is 20.3 Å². The molecule has 0 aromatic rings. The van der Waals surface area contributed by atoms with Crippen molar-refractivity contribution in [3.05, 3.63) is 0 Å². The number of nitrogens with zero attached hydrogens (tertiary/aromatic N) is 1. The highest BCUT2D eigenvalue weighted by molar-refractivity contribution is 5.84. The fourth-order valence-corrected chi connectivity index (χ4v) is 1.83. The second kappa shape index (κ2) is 4.96. The number of carbonyl (C=O) groups excluding carboxylic acids is 3. The Labute approximate surface area is 93.5 Å². The molecule has 16 heavy (non-hydrogen) atoms. The number of esters is 2. The number of hydrogen-bond donors (Lipinski definition) is 0. The lowest BCUT2D eigenvalue weighted by molar-refractivity contribution is -0.150. The summed E-state index contributed by atoms with van der Waals surface area (Å²) < 4.78 is 9.57. The lowest BCUT2D eigenvalue weighted by atomic mass is 10.2. The molecular weight excluding hydrogens is 214 g/mol. The Kier molecular flexibility index (Phi) is 3.87. The van der Waals surface area contributed by atoms with Gasteiger partial charge < -0.3 is 14.4 Å². The first-order valence-corrected chi connectivity index (χ1v) is 4.98. The molecule has 1 heterocycles. The van der Waals surface area contributed by atoms with Gasteiger partial charge in [-0.3, -0.25) is 9.59 Å². The lowest BCUT2D eigenvalue weighted by Gasteiger charge is -2.19. The van der Waals surface area contributed by atoms with Crippen LogP contribution in [-0.4, -0.2) is 48.5 Å². The van der Waals surface area contributed by atoms with E-state index in [1.165, 1.54) is 25.9 Å². The Morgan fingerprint density at radius 2 is 1.88 bits per heavy atom. The standard InChI is InChI=1S/C10H15NO5/c1-6(12)11-5-8(16-7(2)13)4-9(11)10(14)15-3/h8-9H,4-5H2,1-3H3/t8-,9-/m0/s1. The van der Waals surface area contributed by atoms with Gasteiger partial charge >= 0.3 is 11.9 Å². The van der Waals surface area contributed by atoms with Crippen molar-refractivity contribution in [3.63, 3.8) is 0 Å². The Hall–Kier alpha value is -1.59. The lowest BCUT2D eigenvalue weighted by Crippen LogP contribution is -2.39. The molecule has 1 amide bonds. The minimum atomic E-state index is -0.646. The Morgan fingerprint density at radius 3 is 2.31 bits per heavy atom. The summed E-state index contributed by atoms with van der Waals surface area (Å²) in [5.74, 6) is -1.13. The van der Waals surface area contributed by atoms with Crippen molar-refractivity contribution in [1.82, 2.24) is 4.90 Å². The average molecular weight is 229 g/mol. The van der Waals surface area contributed by atoms with E-state index in [0.29, 0.717) is 6.42 Å². The number of likely N-dealkylation sites (tertiary alicyclic amines) is 1. The van der Waals surface area contributed by atoms with Crippen LogP contribution in [-0.2, 0) is 23.9 Å². The SMILES string of the molecule is COC(=O)[C@@H]1C[C@H](OC(C)=O)CN1C(C)=O. The Balaban J connectivity index is 2.71. The number of amides is 1. The van der Waals surface area contributed by atoms with E-state index < -0.39 is 24.1 Å². The zero-order valence-corrected chi connectivity index (χ0v) is 9.56. The van der Waals surface area contributed by atoms with Crippen molar-refractivity contribution in [2.45, 2.75) is 32.4 Å². The minimum Gasteiger partial charge on any atom is -0.467 e. The summed E-state index contributed by atoms with van der Waals surface area (Å²) in [5, 5.41) is 0. The van der Waals surface area contributed by atoms with E-state index in [2.05, 4.69) is 4.74 Å². The van der Waals surface area contributed by atoms with E-state index in [4.69, 9.17) is 4.74 Å². The molecule has 0 aromatic carbocycles. The van der Waals surface area contributed by atoms with Crippen molar-refractivity contribution in [2.24, 2.45) is 0 Å². The number of rotatable bonds is 2. The van der Waals surface area contributed by atoms with Gasteiger partial charge in [0.2, 0.25) is 5.91 Å². The highest BCUT2D eigenvalue weighted by Crippen LogP contribution is 2.21. The summed E-state index contributed by atoms with van der Waals surface area (Å²) in [7, 11) is 1.26. The van der Waals surface area contributed by atoms with Crippen LogP contribution in [0.2, 0.25) is 0 Å². The maximum Gasteiger partial charge on any atom is 0.328 e. The molecule has 0 radical (unpaired) electrons. The first kappa shape index (κ1) is 12.5. The van der Waals surface area contributed by atoms with Crippen LogP contribution in [0.5, 0.6) is 0 Å². The number of methoxy groups -OCH3 is 1. The fraction of sp³-hybridized carbons (Fsp3) is 0.700. The molecule has 0 bridgehead atoms. The van der Waals surface area contributed by atoms with Gasteiger partial charge in [0.1, 0.15) is 12.1 Å². The molecule has 0 unspecified atom stereocenters. The number of carbonyl (C=O) groups is 3. The molecule has 0 aromatic heterocycles. The average Bonchev–Trinajstić information content (AvgIpc) is 2.59. The third-order valence-electron chi connectivity index (χ3n) is 2.47. The van der Waals surface area contributed by atoms with Gasteiger partial charge in [0.05, 0.1) is 13.7 Å². The van der Waals surface area contributed by atoms with Crippen LogP contribution in [0.1, 0.15) is 20.3 Å². The number of ether oxygens (including phenoxy) is 2. The number of hydrogen-bond acceptors (Lipinski definition) is 5. The van der Waals surface area contributed by atoms with Gasteiger partial charge in [0.15, 0.2) is 0 Å². The highest BCUT2D eigenvalue weighted by Gasteiger charge is 2.40. The molecule has 2 atom stereocenters. The zero-order chi connectivity index (χ0) is 12.3. The zero-order valence-electron chi connectivity index (χ0n) is 9.56. The van der Waals surface area contributed by atoms with Gasteiger partial charge in [0.25, 0.3) is 0 Å². The molecule has 0 N–H and O–H groups in total. The molecule has 6 heteroatoms. The second-order valence-corrected chi connectivity index (χ2v) is 3.68. The van der Waals surface area contributed by atoms with Crippen LogP contribution < -0.4 is 0 Å². The third-order valence-corrected chi connectivity index (χ3v) is 2.47. The van der Waals surface area contributed by atoms with E-state index in [-0.39, 0.29) is 12.5 Å². The molecular formula is C10H15NO5.